The molecule has 0 unspecified atom stereocenters. The Bertz CT molecular complexity index is 2370. The molecule has 6 heterocycles. The van der Waals surface area contributed by atoms with Crippen molar-refractivity contribution in [2.75, 3.05) is 19.7 Å². The highest BCUT2D eigenvalue weighted by atomic mass is 35.5. The smallest absolute Gasteiger partial charge is 0.360 e. The number of amides is 1. The fourth-order valence-electron chi connectivity index (χ4n) is 8.92. The molecular formula is C39H37Cl2FN8O3. The van der Waals surface area contributed by atoms with Crippen LogP contribution >= 0.6 is 23.2 Å². The number of fused-ring (bicyclic) bond motifs is 4. The summed E-state index contributed by atoms with van der Waals surface area (Å²) >= 11 is 13.1. The Labute approximate surface area is 315 Å². The third-order valence-electron chi connectivity index (χ3n) is 11.6. The number of hydrogen-bond acceptors (Lipinski definition) is 8. The molecule has 3 aromatic heterocycles. The quantitative estimate of drug-likeness (QED) is 0.155. The number of nitriles is 1. The lowest BCUT2D eigenvalue weighted by molar-refractivity contribution is -0.133. The standard InChI is InChI=1S/C39H37Cl2FN8O3/c1-3-53-39(52)29-17-45-50(47-29)23-14-30(48(18-23)38(51)20-9-10-20)31-15-25-19(2)46-35-26(37(25)49(31)36-22-13-28(36)44-16-22)12-21(6-5-11-43)32(34(35)42)24-7-4-8-27(40)33(24)41/h4,7-8,12,15,17,20,22-23,28,30,36,44H,3,5-6,9-10,13-14,16,18H2,1-2H3/t22-,23+,28-,30-,36+/m1/s1. The monoisotopic (exact) mass is 754 g/mol. The second kappa shape index (κ2) is 13.1. The molecule has 0 spiro atoms. The van der Waals surface area contributed by atoms with Crippen molar-refractivity contribution >= 4 is 56.9 Å². The highest BCUT2D eigenvalue weighted by molar-refractivity contribution is 6.43. The van der Waals surface area contributed by atoms with Gasteiger partial charge in [-0.05, 0) is 75.6 Å². The van der Waals surface area contributed by atoms with Crippen LogP contribution in [0.25, 0.3) is 32.9 Å². The van der Waals surface area contributed by atoms with Gasteiger partial charge in [-0.25, -0.2) is 14.2 Å². The van der Waals surface area contributed by atoms with Crippen molar-refractivity contribution in [3.63, 3.8) is 0 Å². The van der Waals surface area contributed by atoms with Gasteiger partial charge in [-0.3, -0.25) is 4.79 Å². The minimum absolute atomic E-state index is 0.0194. The summed E-state index contributed by atoms with van der Waals surface area (Å²) < 4.78 is 24.7. The van der Waals surface area contributed by atoms with Crippen LogP contribution in [-0.4, -0.2) is 67.1 Å². The first-order valence-corrected chi connectivity index (χ1v) is 19.0. The molecule has 5 atom stereocenters. The number of carbonyl (C=O) groups is 2. The molecule has 53 heavy (non-hydrogen) atoms. The number of aryl methyl sites for hydroxylation is 2. The van der Waals surface area contributed by atoms with Gasteiger partial charge in [0.1, 0.15) is 5.52 Å². The summed E-state index contributed by atoms with van der Waals surface area (Å²) in [6.07, 6.45) is 5.19. The van der Waals surface area contributed by atoms with E-state index < -0.39 is 11.8 Å². The topological polar surface area (TPSA) is 131 Å². The van der Waals surface area contributed by atoms with Crippen LogP contribution in [-0.2, 0) is 16.0 Å². The lowest BCUT2D eigenvalue weighted by atomic mass is 9.79. The van der Waals surface area contributed by atoms with Crippen LogP contribution in [0.5, 0.6) is 0 Å². The minimum Gasteiger partial charge on any atom is -0.461 e. The van der Waals surface area contributed by atoms with Crippen molar-refractivity contribution in [3.8, 4) is 17.2 Å². The zero-order chi connectivity index (χ0) is 36.7. The summed E-state index contributed by atoms with van der Waals surface area (Å²) in [4.78, 5) is 34.9. The van der Waals surface area contributed by atoms with Crippen LogP contribution in [0.2, 0.25) is 10.0 Å². The van der Waals surface area contributed by atoms with E-state index in [1.807, 2.05) is 17.9 Å². The van der Waals surface area contributed by atoms with E-state index in [-0.39, 0.29) is 65.3 Å². The second-order valence-corrected chi connectivity index (χ2v) is 15.5. The average molecular weight is 756 g/mol. The molecule has 11 nitrogen and oxygen atoms in total. The van der Waals surface area contributed by atoms with Crippen molar-refractivity contribution in [1.82, 2.24) is 34.8 Å². The number of carbonyl (C=O) groups excluding carboxylic acids is 2. The number of aromatic nitrogens is 5. The second-order valence-electron chi connectivity index (χ2n) is 14.7. The van der Waals surface area contributed by atoms with Gasteiger partial charge in [-0.15, -0.1) is 5.10 Å². The maximum absolute atomic E-state index is 17.2. The summed E-state index contributed by atoms with van der Waals surface area (Å²) in [5.41, 5.74) is 4.24. The maximum atomic E-state index is 17.2. The number of halogens is 3. The van der Waals surface area contributed by atoms with E-state index in [0.717, 1.165) is 42.4 Å². The fraction of sp³-hybridized carbons (Fsp3) is 0.436. The number of hydrogen-bond donors (Lipinski definition) is 1. The largest absolute Gasteiger partial charge is 0.461 e. The molecule has 5 fully saturated rings. The molecule has 5 aliphatic rings. The van der Waals surface area contributed by atoms with E-state index >= 15 is 4.39 Å². The van der Waals surface area contributed by atoms with Crippen molar-refractivity contribution in [3.05, 3.63) is 75.0 Å². The number of ether oxygens (including phenoxy) is 1. The molecule has 1 N–H and O–H groups in total. The molecule has 2 aromatic carbocycles. The van der Waals surface area contributed by atoms with Crippen molar-refractivity contribution in [2.45, 2.75) is 76.5 Å². The average Bonchev–Trinajstić information content (AvgIpc) is 3.64. The van der Waals surface area contributed by atoms with E-state index in [4.69, 9.17) is 32.9 Å². The highest BCUT2D eigenvalue weighted by Gasteiger charge is 2.51. The van der Waals surface area contributed by atoms with Gasteiger partial charge < -0.3 is 19.5 Å². The zero-order valence-electron chi connectivity index (χ0n) is 29.3. The molecule has 2 bridgehead atoms. The van der Waals surface area contributed by atoms with Gasteiger partial charge >= 0.3 is 5.97 Å². The molecule has 3 saturated heterocycles. The van der Waals surface area contributed by atoms with Crippen LogP contribution in [0.1, 0.15) is 84.6 Å². The van der Waals surface area contributed by atoms with Gasteiger partial charge in [0.2, 0.25) is 5.91 Å². The first-order valence-electron chi connectivity index (χ1n) is 18.3. The third-order valence-corrected chi connectivity index (χ3v) is 12.4. The Hall–Kier alpha value is -4.57. The Morgan fingerprint density at radius 1 is 1.17 bits per heavy atom. The number of nitrogens with zero attached hydrogens (tertiary/aromatic N) is 7. The van der Waals surface area contributed by atoms with Crippen LogP contribution in [0.15, 0.2) is 36.5 Å². The summed E-state index contributed by atoms with van der Waals surface area (Å²) in [5, 5.41) is 24.3. The predicted molar refractivity (Wildman–Crippen MR) is 197 cm³/mol. The van der Waals surface area contributed by atoms with Crippen LogP contribution in [0.3, 0.4) is 0 Å². The molecule has 2 saturated carbocycles. The Morgan fingerprint density at radius 3 is 2.72 bits per heavy atom. The predicted octanol–water partition coefficient (Wildman–Crippen LogP) is 7.29. The van der Waals surface area contributed by atoms with Gasteiger partial charge in [-0.2, -0.15) is 15.2 Å². The minimum atomic E-state index is -0.538. The van der Waals surface area contributed by atoms with Gasteiger partial charge in [0, 0.05) is 64.8 Å². The number of benzene rings is 2. The molecule has 10 rings (SSSR count). The molecule has 272 valence electrons. The van der Waals surface area contributed by atoms with Gasteiger partial charge in [-0.1, -0.05) is 35.3 Å². The lowest BCUT2D eigenvalue weighted by Gasteiger charge is -2.39. The fourth-order valence-corrected chi connectivity index (χ4v) is 9.31. The van der Waals surface area contributed by atoms with Crippen LogP contribution in [0, 0.1) is 35.9 Å². The van der Waals surface area contributed by atoms with Crippen LogP contribution < -0.4 is 5.32 Å². The molecule has 1 amide bonds. The summed E-state index contributed by atoms with van der Waals surface area (Å²) in [7, 11) is 0. The summed E-state index contributed by atoms with van der Waals surface area (Å²) in [6.45, 7) is 5.13. The van der Waals surface area contributed by atoms with Crippen LogP contribution in [0.4, 0.5) is 4.39 Å². The number of pyridine rings is 1. The number of nitrogens with one attached hydrogen (secondary N) is 1. The molecule has 3 aliphatic heterocycles. The van der Waals surface area contributed by atoms with E-state index in [9.17, 15) is 14.9 Å². The van der Waals surface area contributed by atoms with Crippen molar-refractivity contribution in [1.29, 1.82) is 5.26 Å². The molecule has 0 radical (unpaired) electrons. The van der Waals surface area contributed by atoms with Gasteiger partial charge in [0.25, 0.3) is 0 Å². The molecule has 5 aromatic rings. The number of rotatable bonds is 9. The van der Waals surface area contributed by atoms with Gasteiger partial charge in [0.05, 0.1) is 52.6 Å². The molecule has 2 aliphatic carbocycles. The van der Waals surface area contributed by atoms with Crippen molar-refractivity contribution < 1.29 is 18.7 Å². The summed E-state index contributed by atoms with van der Waals surface area (Å²) in [6, 6.07) is 11.2. The van der Waals surface area contributed by atoms with Crippen molar-refractivity contribution in [2.24, 2.45) is 11.8 Å². The molecule has 14 heteroatoms. The first kappa shape index (κ1) is 34.2. The SMILES string of the molecule is CCOC(=O)c1cnn([C@H]2C[C@H](c3cc4c(C)nc5c(F)c(-c6cccc(Cl)c6Cl)c(CCC#N)cc5c4n3[C@H]3[C@H]4CN[C@@H]3C4)N(C(=O)C3CC3)C2)n1. The normalized spacial score (nSPS) is 23.5. The highest BCUT2D eigenvalue weighted by Crippen LogP contribution is 2.52. The summed E-state index contributed by atoms with van der Waals surface area (Å²) in [5.74, 6) is -0.593. The van der Waals surface area contributed by atoms with E-state index in [0.29, 0.717) is 58.1 Å². The molecular weight excluding hydrogens is 718 g/mol. The number of esters is 1. The third kappa shape index (κ3) is 5.50. The Balaban J connectivity index is 1.25. The van der Waals surface area contributed by atoms with Gasteiger partial charge in [0.15, 0.2) is 11.5 Å². The van der Waals surface area contributed by atoms with E-state index in [2.05, 4.69) is 32.2 Å². The zero-order valence-corrected chi connectivity index (χ0v) is 30.8. The first-order chi connectivity index (χ1) is 25.7. The van der Waals surface area contributed by atoms with E-state index in [1.165, 1.54) is 6.20 Å². The Kier molecular flexibility index (Phi) is 8.44. The lowest BCUT2D eigenvalue weighted by Crippen LogP contribution is -2.41. The Morgan fingerprint density at radius 2 is 2.00 bits per heavy atom. The maximum Gasteiger partial charge on any atom is 0.360 e. The number of likely N-dealkylation sites (tertiary alicyclic amines) is 1. The van der Waals surface area contributed by atoms with E-state index in [1.54, 1.807) is 29.9 Å².